The third kappa shape index (κ3) is 3.68. The first-order valence-corrected chi connectivity index (χ1v) is 8.52. The maximum absolute atomic E-state index is 5.41. The molecule has 0 radical (unpaired) electrons. The summed E-state index contributed by atoms with van der Waals surface area (Å²) in [5, 5.41) is 10.6. The molecule has 0 saturated heterocycles. The topological polar surface area (TPSA) is 63.8 Å². The fraction of sp³-hybridized carbons (Fsp3) is 0.667. The summed E-state index contributed by atoms with van der Waals surface area (Å²) < 4.78 is 5.41. The van der Waals surface area contributed by atoms with Crippen LogP contribution in [-0.2, 0) is 12.8 Å². The van der Waals surface area contributed by atoms with Gasteiger partial charge in [0.2, 0.25) is 5.89 Å². The van der Waals surface area contributed by atoms with Crippen molar-refractivity contribution in [3.05, 3.63) is 27.8 Å². The Hall–Kier alpha value is -1.27. The Morgan fingerprint density at radius 3 is 2.86 bits per heavy atom. The lowest BCUT2D eigenvalue weighted by Crippen LogP contribution is -2.34. The van der Waals surface area contributed by atoms with E-state index in [4.69, 9.17) is 4.52 Å². The number of nitrogens with zero attached hydrogens (tertiary/aromatic N) is 3. The number of rotatable bonds is 6. The van der Waals surface area contributed by atoms with Crippen molar-refractivity contribution < 1.29 is 4.52 Å². The van der Waals surface area contributed by atoms with Crippen LogP contribution >= 0.6 is 11.3 Å². The molecule has 2 aromatic rings. The first-order chi connectivity index (χ1) is 10.2. The largest absolute Gasteiger partial charge is 0.339 e. The van der Waals surface area contributed by atoms with Crippen LogP contribution in [0, 0.1) is 12.8 Å². The van der Waals surface area contributed by atoms with Crippen LogP contribution in [0.15, 0.2) is 9.90 Å². The van der Waals surface area contributed by atoms with Gasteiger partial charge in [0.1, 0.15) is 0 Å². The second kappa shape index (κ2) is 6.66. The number of hydrogen-bond donors (Lipinski definition) is 1. The van der Waals surface area contributed by atoms with Crippen LogP contribution in [0.25, 0.3) is 0 Å². The maximum Gasteiger partial charge on any atom is 0.228 e. The SMILES string of the molecule is CNC(Cc1nc(Cc2csc(C)n2)no1)C1CCCC1. The second-order valence-electron chi connectivity index (χ2n) is 5.78. The number of aromatic nitrogens is 3. The van der Waals surface area contributed by atoms with Gasteiger partial charge in [-0.2, -0.15) is 4.98 Å². The van der Waals surface area contributed by atoms with Crippen LogP contribution in [0.1, 0.15) is 48.1 Å². The average Bonchev–Trinajstić information content (AvgIpc) is 3.19. The third-order valence-electron chi connectivity index (χ3n) is 4.25. The lowest BCUT2D eigenvalue weighted by molar-refractivity contribution is 0.317. The zero-order chi connectivity index (χ0) is 14.7. The summed E-state index contributed by atoms with van der Waals surface area (Å²) in [6.07, 6.45) is 6.79. The third-order valence-corrected chi connectivity index (χ3v) is 5.07. The highest BCUT2D eigenvalue weighted by Gasteiger charge is 2.25. The van der Waals surface area contributed by atoms with Crippen molar-refractivity contribution in [3.8, 4) is 0 Å². The number of nitrogens with one attached hydrogen (secondary N) is 1. The zero-order valence-corrected chi connectivity index (χ0v) is 13.4. The van der Waals surface area contributed by atoms with E-state index in [-0.39, 0.29) is 0 Å². The fourth-order valence-electron chi connectivity index (χ4n) is 3.15. The Bertz CT molecular complexity index is 574. The molecule has 114 valence electrons. The van der Waals surface area contributed by atoms with Gasteiger partial charge in [0, 0.05) is 17.8 Å². The molecule has 2 heterocycles. The van der Waals surface area contributed by atoms with Crippen molar-refractivity contribution in [3.63, 3.8) is 0 Å². The lowest BCUT2D eigenvalue weighted by atomic mass is 9.95. The quantitative estimate of drug-likeness (QED) is 0.889. The highest BCUT2D eigenvalue weighted by molar-refractivity contribution is 7.09. The minimum Gasteiger partial charge on any atom is -0.339 e. The van der Waals surface area contributed by atoms with Gasteiger partial charge in [0.15, 0.2) is 5.82 Å². The van der Waals surface area contributed by atoms with Crippen molar-refractivity contribution in [1.29, 1.82) is 0 Å². The number of likely N-dealkylation sites (N-methyl/N-ethyl adjacent to an activating group) is 1. The molecule has 1 saturated carbocycles. The summed E-state index contributed by atoms with van der Waals surface area (Å²) in [7, 11) is 2.03. The first-order valence-electron chi connectivity index (χ1n) is 7.64. The number of hydrogen-bond acceptors (Lipinski definition) is 6. The molecule has 2 aromatic heterocycles. The van der Waals surface area contributed by atoms with Crippen LogP contribution in [0.3, 0.4) is 0 Å². The van der Waals surface area contributed by atoms with E-state index in [1.807, 2.05) is 14.0 Å². The molecule has 0 amide bonds. The van der Waals surface area contributed by atoms with Crippen molar-refractivity contribution in [2.75, 3.05) is 7.05 Å². The maximum atomic E-state index is 5.41. The molecule has 5 nitrogen and oxygen atoms in total. The van der Waals surface area contributed by atoms with Gasteiger partial charge in [0.05, 0.1) is 17.1 Å². The molecule has 3 rings (SSSR count). The average molecular weight is 306 g/mol. The molecule has 1 unspecified atom stereocenters. The van der Waals surface area contributed by atoms with Crippen molar-refractivity contribution >= 4 is 11.3 Å². The van der Waals surface area contributed by atoms with E-state index in [0.29, 0.717) is 12.5 Å². The lowest BCUT2D eigenvalue weighted by Gasteiger charge is -2.20. The van der Waals surface area contributed by atoms with E-state index in [0.717, 1.165) is 34.8 Å². The molecular weight excluding hydrogens is 284 g/mol. The molecule has 0 bridgehead atoms. The summed E-state index contributed by atoms with van der Waals surface area (Å²) in [5.74, 6) is 2.21. The Balaban J connectivity index is 1.61. The van der Waals surface area contributed by atoms with Crippen LogP contribution in [0.4, 0.5) is 0 Å². The van der Waals surface area contributed by atoms with Crippen LogP contribution in [0.2, 0.25) is 0 Å². The molecule has 21 heavy (non-hydrogen) atoms. The zero-order valence-electron chi connectivity index (χ0n) is 12.6. The predicted molar refractivity (Wildman–Crippen MR) is 82.5 cm³/mol. The van der Waals surface area contributed by atoms with E-state index in [2.05, 4.69) is 25.8 Å². The van der Waals surface area contributed by atoms with Gasteiger partial charge in [-0.1, -0.05) is 18.0 Å². The standard InChI is InChI=1S/C15H22N4OS/c1-10-17-12(9-21-10)7-14-18-15(20-19-14)8-13(16-2)11-5-3-4-6-11/h9,11,13,16H,3-8H2,1-2H3. The van der Waals surface area contributed by atoms with E-state index >= 15 is 0 Å². The second-order valence-corrected chi connectivity index (χ2v) is 6.85. The number of aryl methyl sites for hydroxylation is 1. The van der Waals surface area contributed by atoms with Gasteiger partial charge < -0.3 is 9.84 Å². The predicted octanol–water partition coefficient (Wildman–Crippen LogP) is 2.75. The van der Waals surface area contributed by atoms with Gasteiger partial charge in [-0.05, 0) is 32.7 Å². The number of thiazole rings is 1. The molecule has 1 N–H and O–H groups in total. The van der Waals surface area contributed by atoms with E-state index < -0.39 is 0 Å². The minimum atomic E-state index is 0.447. The first kappa shape index (κ1) is 14.7. The minimum absolute atomic E-state index is 0.447. The molecule has 6 heteroatoms. The summed E-state index contributed by atoms with van der Waals surface area (Å²) in [4.78, 5) is 8.96. The Morgan fingerprint density at radius 2 is 2.19 bits per heavy atom. The highest BCUT2D eigenvalue weighted by atomic mass is 32.1. The normalized spacial score (nSPS) is 17.4. The van der Waals surface area contributed by atoms with Crippen molar-refractivity contribution in [2.45, 2.75) is 51.5 Å². The van der Waals surface area contributed by atoms with Crippen LogP contribution in [0.5, 0.6) is 0 Å². The smallest absolute Gasteiger partial charge is 0.228 e. The van der Waals surface area contributed by atoms with E-state index in [1.165, 1.54) is 25.7 Å². The fourth-order valence-corrected chi connectivity index (χ4v) is 3.76. The van der Waals surface area contributed by atoms with Crippen LogP contribution in [-0.4, -0.2) is 28.2 Å². The molecule has 0 aliphatic heterocycles. The molecule has 1 aliphatic carbocycles. The van der Waals surface area contributed by atoms with E-state index in [1.54, 1.807) is 11.3 Å². The summed E-state index contributed by atoms with van der Waals surface area (Å²) in [6.45, 7) is 2.01. The summed E-state index contributed by atoms with van der Waals surface area (Å²) in [5.41, 5.74) is 1.02. The monoisotopic (exact) mass is 306 g/mol. The van der Waals surface area contributed by atoms with Crippen molar-refractivity contribution in [2.24, 2.45) is 5.92 Å². The van der Waals surface area contributed by atoms with Crippen LogP contribution < -0.4 is 5.32 Å². The highest BCUT2D eigenvalue weighted by Crippen LogP contribution is 2.29. The molecule has 0 spiro atoms. The molecule has 1 aliphatic rings. The van der Waals surface area contributed by atoms with Gasteiger partial charge in [0.25, 0.3) is 0 Å². The van der Waals surface area contributed by atoms with Gasteiger partial charge in [-0.15, -0.1) is 11.3 Å². The molecule has 1 fully saturated rings. The Labute approximate surface area is 129 Å². The molecular formula is C15H22N4OS. The summed E-state index contributed by atoms with van der Waals surface area (Å²) in [6, 6.07) is 0.447. The Morgan fingerprint density at radius 1 is 1.38 bits per heavy atom. The van der Waals surface area contributed by atoms with Gasteiger partial charge in [-0.25, -0.2) is 4.98 Å². The van der Waals surface area contributed by atoms with Gasteiger partial charge in [-0.3, -0.25) is 0 Å². The molecule has 1 atom stereocenters. The van der Waals surface area contributed by atoms with Gasteiger partial charge >= 0.3 is 0 Å². The summed E-state index contributed by atoms with van der Waals surface area (Å²) >= 11 is 1.65. The Kier molecular flexibility index (Phi) is 4.65. The van der Waals surface area contributed by atoms with Crippen molar-refractivity contribution in [1.82, 2.24) is 20.4 Å². The van der Waals surface area contributed by atoms with E-state index in [9.17, 15) is 0 Å². The molecule has 0 aromatic carbocycles.